The zero-order valence-corrected chi connectivity index (χ0v) is 26.6. The van der Waals surface area contributed by atoms with Crippen LogP contribution in [0.15, 0.2) is 46.7 Å². The molecule has 7 rings (SSSR count). The van der Waals surface area contributed by atoms with Crippen LogP contribution in [0.4, 0.5) is 14.5 Å². The third-order valence-corrected chi connectivity index (χ3v) is 10.8. The van der Waals surface area contributed by atoms with Gasteiger partial charge < -0.3 is 10.0 Å². The lowest BCUT2D eigenvalue weighted by Crippen LogP contribution is -2.73. The molecule has 2 aromatic carbocycles. The lowest BCUT2D eigenvalue weighted by molar-refractivity contribution is -0.0413. The molecule has 2 saturated heterocycles. The van der Waals surface area contributed by atoms with Gasteiger partial charge >= 0.3 is 5.97 Å². The van der Waals surface area contributed by atoms with Crippen LogP contribution in [-0.2, 0) is 23.8 Å². The number of aromatic carboxylic acids is 1. The summed E-state index contributed by atoms with van der Waals surface area (Å²) in [6, 6.07) is 9.98. The molecule has 0 amide bonds. The number of rotatable bonds is 10. The van der Waals surface area contributed by atoms with Gasteiger partial charge in [-0.1, -0.05) is 6.07 Å². The average molecular weight is 653 g/mol. The standard InChI is InChI=1S/C32H34F2N6O3S2/c1-18(2)38-14-32(15-38)16-39(17-32)27-12-21(6-7-23(27)33)29-22(9-20-5-8-28(45(35)43)24(34)10-20)26(11-19-3-4-19)40(37-29)31-36-25(13-44-31)30(41)42/h5-8,10,12-13,18-19H,3-4,9,11,14-17,35H2,1-2H3,(H,41,42). The molecule has 1 aliphatic carbocycles. The lowest BCUT2D eigenvalue weighted by Gasteiger charge is -2.62. The van der Waals surface area contributed by atoms with Crippen LogP contribution in [-0.4, -0.2) is 67.2 Å². The Morgan fingerprint density at radius 3 is 2.51 bits per heavy atom. The van der Waals surface area contributed by atoms with E-state index in [1.54, 1.807) is 16.8 Å². The molecule has 2 aromatic heterocycles. The summed E-state index contributed by atoms with van der Waals surface area (Å²) in [5.41, 5.74) is 4.31. The third-order valence-electron chi connectivity index (χ3n) is 9.18. The summed E-state index contributed by atoms with van der Waals surface area (Å²) in [6.45, 7) is 7.99. The highest BCUT2D eigenvalue weighted by Gasteiger charge is 2.52. The van der Waals surface area contributed by atoms with Gasteiger partial charge in [0.05, 0.1) is 22.0 Å². The summed E-state index contributed by atoms with van der Waals surface area (Å²) in [7, 11) is -1.96. The maximum Gasteiger partial charge on any atom is 0.355 e. The van der Waals surface area contributed by atoms with Gasteiger partial charge in [-0.05, 0) is 74.9 Å². The molecule has 1 spiro atoms. The van der Waals surface area contributed by atoms with Crippen molar-refractivity contribution >= 4 is 34.0 Å². The Morgan fingerprint density at radius 1 is 1.13 bits per heavy atom. The number of halogens is 2. The van der Waals surface area contributed by atoms with E-state index in [9.17, 15) is 18.5 Å². The number of carboxylic acids is 1. The smallest absolute Gasteiger partial charge is 0.355 e. The summed E-state index contributed by atoms with van der Waals surface area (Å²) >= 11 is 1.19. The van der Waals surface area contributed by atoms with Crippen molar-refractivity contribution < 1.29 is 22.9 Å². The van der Waals surface area contributed by atoms with Crippen molar-refractivity contribution in [3.8, 4) is 16.4 Å². The molecule has 0 bridgehead atoms. The van der Waals surface area contributed by atoms with Gasteiger partial charge in [0.15, 0.2) is 5.69 Å². The normalized spacial score (nSPS) is 18.3. The highest BCUT2D eigenvalue weighted by molar-refractivity contribution is 7.82. The van der Waals surface area contributed by atoms with E-state index in [1.165, 1.54) is 34.9 Å². The first-order valence-corrected chi connectivity index (χ1v) is 17.1. The van der Waals surface area contributed by atoms with Crippen molar-refractivity contribution in [1.29, 1.82) is 0 Å². The largest absolute Gasteiger partial charge is 0.476 e. The van der Waals surface area contributed by atoms with E-state index >= 15 is 4.39 Å². The van der Waals surface area contributed by atoms with E-state index in [0.29, 0.717) is 52.4 Å². The second-order valence-corrected chi connectivity index (χ2v) is 14.8. The Kier molecular flexibility index (Phi) is 7.62. The fourth-order valence-corrected chi connectivity index (χ4v) is 7.79. The third kappa shape index (κ3) is 5.71. The van der Waals surface area contributed by atoms with Gasteiger partial charge in [-0.3, -0.25) is 4.90 Å². The van der Waals surface area contributed by atoms with Crippen molar-refractivity contribution in [2.45, 2.75) is 50.5 Å². The zero-order chi connectivity index (χ0) is 31.6. The molecule has 4 aromatic rings. The molecule has 1 saturated carbocycles. The molecule has 236 valence electrons. The monoisotopic (exact) mass is 652 g/mol. The van der Waals surface area contributed by atoms with Crippen LogP contribution in [0.1, 0.15) is 54.0 Å². The number of hydrogen-bond donors (Lipinski definition) is 2. The van der Waals surface area contributed by atoms with Gasteiger partial charge in [0, 0.05) is 60.6 Å². The molecule has 1 atom stereocenters. The molecule has 45 heavy (non-hydrogen) atoms. The van der Waals surface area contributed by atoms with Crippen LogP contribution in [0.2, 0.25) is 0 Å². The molecule has 13 heteroatoms. The minimum absolute atomic E-state index is 0.0683. The molecule has 9 nitrogen and oxygen atoms in total. The Morgan fingerprint density at radius 2 is 1.89 bits per heavy atom. The van der Waals surface area contributed by atoms with Crippen molar-refractivity contribution in [2.24, 2.45) is 16.5 Å². The molecule has 0 radical (unpaired) electrons. The quantitative estimate of drug-likeness (QED) is 0.247. The number of carboxylic acid groups (broad SMARTS) is 1. The van der Waals surface area contributed by atoms with Gasteiger partial charge in [-0.15, -0.1) is 11.3 Å². The number of thiazole rings is 1. The Hall–Kier alpha value is -3.52. The molecular weight excluding hydrogens is 619 g/mol. The summed E-state index contributed by atoms with van der Waals surface area (Å²) in [4.78, 5) is 20.4. The van der Waals surface area contributed by atoms with E-state index in [0.717, 1.165) is 50.3 Å². The topological polar surface area (TPSA) is 118 Å². The van der Waals surface area contributed by atoms with Crippen molar-refractivity contribution in [3.63, 3.8) is 0 Å². The van der Waals surface area contributed by atoms with E-state index < -0.39 is 22.8 Å². The summed E-state index contributed by atoms with van der Waals surface area (Å²) in [5.74, 6) is -1.63. The Labute approximate surface area is 266 Å². The molecule has 3 fully saturated rings. The first-order valence-electron chi connectivity index (χ1n) is 15.0. The zero-order valence-electron chi connectivity index (χ0n) is 25.0. The SMILES string of the molecule is CC(C)N1CC2(CN(c3cc(-c4nn(-c5nc(C(=O)O)cs5)c(CC5CC5)c4Cc4ccc(S(N)=O)c(F)c4)ccc3F)C2)C1. The van der Waals surface area contributed by atoms with Gasteiger partial charge in [-0.25, -0.2) is 32.6 Å². The number of nitrogens with zero attached hydrogens (tertiary/aromatic N) is 5. The minimum atomic E-state index is -1.96. The van der Waals surface area contributed by atoms with Crippen LogP contribution in [0.25, 0.3) is 16.4 Å². The predicted octanol–water partition coefficient (Wildman–Crippen LogP) is 5.03. The number of hydrogen-bond acceptors (Lipinski definition) is 7. The Balaban J connectivity index is 1.30. The van der Waals surface area contributed by atoms with Crippen LogP contribution in [0.3, 0.4) is 0 Å². The molecule has 4 heterocycles. The van der Waals surface area contributed by atoms with E-state index in [4.69, 9.17) is 10.2 Å². The first-order chi connectivity index (χ1) is 21.5. The molecule has 3 aliphatic rings. The van der Waals surface area contributed by atoms with Crippen LogP contribution < -0.4 is 10.0 Å². The predicted molar refractivity (Wildman–Crippen MR) is 169 cm³/mol. The second kappa shape index (κ2) is 11.4. The van der Waals surface area contributed by atoms with E-state index in [1.807, 2.05) is 6.07 Å². The lowest BCUT2D eigenvalue weighted by atomic mass is 9.72. The minimum Gasteiger partial charge on any atom is -0.476 e. The summed E-state index contributed by atoms with van der Waals surface area (Å²) in [5, 5.41) is 21.9. The number of anilines is 1. The van der Waals surface area contributed by atoms with Crippen LogP contribution in [0, 0.1) is 23.0 Å². The van der Waals surface area contributed by atoms with Gasteiger partial charge in [0.1, 0.15) is 22.6 Å². The number of carbonyl (C=O) groups is 1. The van der Waals surface area contributed by atoms with Crippen molar-refractivity contribution in [2.75, 3.05) is 31.1 Å². The second-order valence-electron chi connectivity index (χ2n) is 12.9. The molecule has 2 aliphatic heterocycles. The van der Waals surface area contributed by atoms with Crippen LogP contribution >= 0.6 is 11.3 Å². The fourth-order valence-electron chi connectivity index (χ4n) is 6.56. The van der Waals surface area contributed by atoms with Gasteiger partial charge in [0.25, 0.3) is 0 Å². The molecule has 1 unspecified atom stereocenters. The Bertz CT molecular complexity index is 1820. The van der Waals surface area contributed by atoms with Gasteiger partial charge in [0.2, 0.25) is 5.13 Å². The highest BCUT2D eigenvalue weighted by Crippen LogP contribution is 2.45. The van der Waals surface area contributed by atoms with Gasteiger partial charge in [-0.2, -0.15) is 5.10 Å². The highest BCUT2D eigenvalue weighted by atomic mass is 32.2. The maximum absolute atomic E-state index is 15.3. The van der Waals surface area contributed by atoms with Crippen molar-refractivity contribution in [3.05, 3.63) is 75.9 Å². The van der Waals surface area contributed by atoms with Crippen molar-refractivity contribution in [1.82, 2.24) is 19.7 Å². The summed E-state index contributed by atoms with van der Waals surface area (Å²) < 4.78 is 43.7. The van der Waals surface area contributed by atoms with E-state index in [-0.39, 0.29) is 21.8 Å². The first kappa shape index (κ1) is 30.2. The van der Waals surface area contributed by atoms with Crippen LogP contribution in [0.5, 0.6) is 0 Å². The number of benzene rings is 2. The molecule has 3 N–H and O–H groups in total. The van der Waals surface area contributed by atoms with E-state index in [2.05, 4.69) is 28.6 Å². The average Bonchev–Trinajstić information content (AvgIpc) is 3.50. The summed E-state index contributed by atoms with van der Waals surface area (Å²) in [6.07, 6.45) is 3.12. The number of likely N-dealkylation sites (tertiary alicyclic amines) is 1. The fraction of sp³-hybridized carbons (Fsp3) is 0.406. The number of nitrogens with two attached hydrogens (primary N) is 1. The maximum atomic E-state index is 15.3. The molecular formula is C32H34F2N6O3S2. The number of aromatic nitrogens is 3.